The van der Waals surface area contributed by atoms with Crippen molar-refractivity contribution in [1.82, 2.24) is 0 Å². The van der Waals surface area contributed by atoms with Gasteiger partial charge in [-0.3, -0.25) is 0 Å². The van der Waals surface area contributed by atoms with Gasteiger partial charge in [-0.25, -0.2) is 0 Å². The van der Waals surface area contributed by atoms with Gasteiger partial charge in [-0.15, -0.1) is 0 Å². The van der Waals surface area contributed by atoms with Gasteiger partial charge in [0.15, 0.2) is 0 Å². The van der Waals surface area contributed by atoms with E-state index in [-0.39, 0.29) is 0 Å². The summed E-state index contributed by atoms with van der Waals surface area (Å²) in [4.78, 5) is 0. The Morgan fingerprint density at radius 2 is 1.12 bits per heavy atom. The van der Waals surface area contributed by atoms with Crippen molar-refractivity contribution in [2.75, 3.05) is 21.1 Å². The molecule has 0 bridgehead atoms. The van der Waals surface area contributed by atoms with E-state index < -0.39 is 11.0 Å². The van der Waals surface area contributed by atoms with Crippen molar-refractivity contribution >= 4 is 40.8 Å². The Bertz CT molecular complexity index is 69.5. The number of rotatable bonds is 1. The van der Waals surface area contributed by atoms with E-state index in [9.17, 15) is 0 Å². The van der Waals surface area contributed by atoms with E-state index in [0.29, 0.717) is 3.40 Å². The average molecular weight is 241 g/mol. The molecule has 0 aliphatic heterocycles. The summed E-state index contributed by atoms with van der Waals surface area (Å²) in [5.74, 6) is 0. The van der Waals surface area contributed by atoms with Crippen molar-refractivity contribution in [2.24, 2.45) is 0 Å². The molecule has 0 aromatic rings. The van der Waals surface area contributed by atoms with Gasteiger partial charge in [0.2, 0.25) is 0 Å². The van der Waals surface area contributed by atoms with Crippen LogP contribution in [-0.2, 0) is 0 Å². The van der Waals surface area contributed by atoms with Crippen LogP contribution in [0, 0.1) is 0 Å². The molecule has 8 heavy (non-hydrogen) atoms. The van der Waals surface area contributed by atoms with Crippen LogP contribution in [0.1, 0.15) is 0 Å². The Kier molecular flexibility index (Phi) is 3.00. The average Bonchev–Trinajstić information content (AvgIpc) is 1.25. The quantitative estimate of drug-likeness (QED) is 0.612. The first kappa shape index (κ1) is 9.39. The standard InChI is InChI=1S/C3H10AsCl3N/c1-8(2,3)4(5,6)7/h4H,1-3H3/q+1. The van der Waals surface area contributed by atoms with Gasteiger partial charge in [-0.1, -0.05) is 0 Å². The summed E-state index contributed by atoms with van der Waals surface area (Å²) in [5.41, 5.74) is 0. The van der Waals surface area contributed by atoms with Crippen molar-refractivity contribution in [3.05, 3.63) is 0 Å². The SMILES string of the molecule is C[N+](C)(C)[AsH](Cl)(Cl)Cl. The van der Waals surface area contributed by atoms with Crippen molar-refractivity contribution < 1.29 is 3.40 Å². The second-order valence-corrected chi connectivity index (χ2v) is 18.8. The first-order valence-corrected chi connectivity index (χ1v) is 11.3. The molecular weight excluding hydrogens is 231 g/mol. The molecule has 0 aromatic heterocycles. The molecule has 0 aliphatic rings. The topological polar surface area (TPSA) is 0 Å². The number of quaternary nitrogens is 1. The molecule has 0 saturated carbocycles. The van der Waals surface area contributed by atoms with E-state index in [4.69, 9.17) is 29.8 Å². The minimum absolute atomic E-state index is 0.505. The van der Waals surface area contributed by atoms with Crippen LogP contribution in [0.15, 0.2) is 0 Å². The Labute approximate surface area is 65.3 Å². The Morgan fingerprint density at radius 3 is 1.12 bits per heavy atom. The van der Waals surface area contributed by atoms with E-state index in [1.54, 1.807) is 0 Å². The van der Waals surface area contributed by atoms with Gasteiger partial charge in [-0.2, -0.15) is 0 Å². The second kappa shape index (κ2) is 2.55. The molecule has 0 aliphatic carbocycles. The fourth-order valence-corrected chi connectivity index (χ4v) is 0. The number of halogens is 3. The zero-order valence-electron chi connectivity index (χ0n) is 5.08. The fourth-order valence-electron chi connectivity index (χ4n) is 0. The van der Waals surface area contributed by atoms with Crippen LogP contribution in [0.25, 0.3) is 0 Å². The third kappa shape index (κ3) is 2.79. The summed E-state index contributed by atoms with van der Waals surface area (Å²) in [6, 6.07) is 0. The summed E-state index contributed by atoms with van der Waals surface area (Å²) < 4.78 is 0.505. The summed E-state index contributed by atoms with van der Waals surface area (Å²) in [6.07, 6.45) is 0. The molecule has 5 heteroatoms. The van der Waals surface area contributed by atoms with Crippen LogP contribution in [0.4, 0.5) is 0 Å². The van der Waals surface area contributed by atoms with Crippen LogP contribution >= 0.6 is 29.8 Å². The Morgan fingerprint density at radius 1 is 1.00 bits per heavy atom. The molecule has 0 amide bonds. The molecule has 0 atom stereocenters. The first-order chi connectivity index (χ1) is 3.25. The fraction of sp³-hybridized carbons (Fsp3) is 1.00. The van der Waals surface area contributed by atoms with Crippen molar-refractivity contribution in [3.63, 3.8) is 0 Å². The Balaban J connectivity index is 4.02. The molecule has 52 valence electrons. The third-order valence-electron chi connectivity index (χ3n) is 0.761. The zero-order chi connectivity index (χ0) is 7.00. The molecular formula is C3H10AsCl3N+. The summed E-state index contributed by atoms with van der Waals surface area (Å²) in [7, 11) is 19.8. The van der Waals surface area contributed by atoms with Crippen molar-refractivity contribution in [2.45, 2.75) is 0 Å². The number of nitrogens with zero attached hydrogens (tertiary/aromatic N) is 1. The van der Waals surface area contributed by atoms with Crippen LogP contribution in [0.3, 0.4) is 0 Å². The van der Waals surface area contributed by atoms with E-state index in [2.05, 4.69) is 0 Å². The molecule has 0 aromatic carbocycles. The van der Waals surface area contributed by atoms with Crippen LogP contribution in [-0.4, -0.2) is 35.5 Å². The Hall–Kier alpha value is 1.39. The zero-order valence-corrected chi connectivity index (χ0v) is 9.45. The van der Waals surface area contributed by atoms with Gasteiger partial charge in [0, 0.05) is 0 Å². The molecule has 0 unspecified atom stereocenters. The van der Waals surface area contributed by atoms with Gasteiger partial charge >= 0.3 is 65.3 Å². The van der Waals surface area contributed by atoms with Gasteiger partial charge < -0.3 is 0 Å². The van der Waals surface area contributed by atoms with Crippen molar-refractivity contribution in [1.29, 1.82) is 0 Å². The number of hydrogen-bond donors (Lipinski definition) is 0. The van der Waals surface area contributed by atoms with Crippen LogP contribution in [0.5, 0.6) is 0 Å². The summed E-state index contributed by atoms with van der Waals surface area (Å²) >= 11 is 0. The summed E-state index contributed by atoms with van der Waals surface area (Å²) in [5, 5.41) is 0. The second-order valence-electron chi connectivity index (χ2n) is 2.48. The molecule has 0 saturated heterocycles. The van der Waals surface area contributed by atoms with Gasteiger partial charge in [0.25, 0.3) is 0 Å². The maximum atomic E-state index is 5.70. The van der Waals surface area contributed by atoms with E-state index >= 15 is 0 Å². The van der Waals surface area contributed by atoms with Gasteiger partial charge in [-0.05, 0) is 0 Å². The monoisotopic (exact) mass is 240 g/mol. The predicted octanol–water partition coefficient (Wildman–Crippen LogP) is 1.58. The van der Waals surface area contributed by atoms with E-state index in [1.807, 2.05) is 21.1 Å². The maximum absolute atomic E-state index is 5.70. The molecule has 0 spiro atoms. The van der Waals surface area contributed by atoms with E-state index in [1.165, 1.54) is 0 Å². The normalized spacial score (nSPS) is 16.2. The molecule has 1 nitrogen and oxygen atoms in total. The van der Waals surface area contributed by atoms with Crippen molar-refractivity contribution in [3.8, 4) is 0 Å². The molecule has 0 N–H and O–H groups in total. The third-order valence-corrected chi connectivity index (χ3v) is 11.9. The minimum atomic E-state index is -2.96. The van der Waals surface area contributed by atoms with Gasteiger partial charge in [0.05, 0.1) is 0 Å². The van der Waals surface area contributed by atoms with Gasteiger partial charge in [0.1, 0.15) is 0 Å². The van der Waals surface area contributed by atoms with E-state index in [0.717, 1.165) is 0 Å². The molecule has 0 radical (unpaired) electrons. The molecule has 0 heterocycles. The first-order valence-electron chi connectivity index (χ1n) is 2.13. The number of hydrogen-bond acceptors (Lipinski definition) is 0. The summed E-state index contributed by atoms with van der Waals surface area (Å²) in [6.45, 7) is 0. The molecule has 0 rings (SSSR count). The van der Waals surface area contributed by atoms with Crippen LogP contribution < -0.4 is 0 Å². The van der Waals surface area contributed by atoms with Crippen LogP contribution in [0.2, 0.25) is 0 Å². The predicted molar refractivity (Wildman–Crippen MR) is 42.7 cm³/mol. The molecule has 0 fully saturated rings.